The first-order valence-electron chi connectivity index (χ1n) is 5.36. The van der Waals surface area contributed by atoms with Gasteiger partial charge in [-0.2, -0.15) is 0 Å². The summed E-state index contributed by atoms with van der Waals surface area (Å²) < 4.78 is -1.07. The number of alkyl halides is 2. The van der Waals surface area contributed by atoms with Crippen molar-refractivity contribution in [1.82, 2.24) is 0 Å². The second-order valence-electron chi connectivity index (χ2n) is 3.99. The highest BCUT2D eigenvalue weighted by molar-refractivity contribution is 6.49. The zero-order valence-corrected chi connectivity index (χ0v) is 12.4. The Morgan fingerprint density at radius 2 is 1.56 bits per heavy atom. The lowest BCUT2D eigenvalue weighted by Crippen LogP contribution is -2.14. The molecule has 2 aromatic rings. The van der Waals surface area contributed by atoms with Crippen molar-refractivity contribution in [2.24, 2.45) is 0 Å². The molecule has 0 saturated carbocycles. The van der Waals surface area contributed by atoms with Crippen LogP contribution in [-0.4, -0.2) is 0 Å². The minimum absolute atomic E-state index is 0.475. The van der Waals surface area contributed by atoms with Gasteiger partial charge in [0.25, 0.3) is 0 Å². The maximum Gasteiger partial charge on any atom is 0.148 e. The van der Waals surface area contributed by atoms with Crippen LogP contribution in [0.3, 0.4) is 0 Å². The van der Waals surface area contributed by atoms with Gasteiger partial charge < -0.3 is 0 Å². The highest BCUT2D eigenvalue weighted by Crippen LogP contribution is 2.41. The molecule has 0 aliphatic heterocycles. The predicted molar refractivity (Wildman–Crippen MR) is 80.0 cm³/mol. The van der Waals surface area contributed by atoms with Gasteiger partial charge in [-0.05, 0) is 17.7 Å². The monoisotopic (exact) mass is 318 g/mol. The van der Waals surface area contributed by atoms with Crippen LogP contribution in [0.5, 0.6) is 0 Å². The summed E-state index contributed by atoms with van der Waals surface area (Å²) in [6.07, 6.45) is 0.484. The van der Waals surface area contributed by atoms with E-state index in [4.69, 9.17) is 46.4 Å². The van der Waals surface area contributed by atoms with Crippen LogP contribution < -0.4 is 0 Å². The van der Waals surface area contributed by atoms with E-state index in [0.717, 1.165) is 5.56 Å². The Morgan fingerprint density at radius 1 is 0.889 bits per heavy atom. The molecular weight excluding hydrogens is 310 g/mol. The van der Waals surface area contributed by atoms with E-state index in [1.54, 1.807) is 18.2 Å². The lowest BCUT2D eigenvalue weighted by molar-refractivity contribution is 0.837. The fourth-order valence-electron chi connectivity index (χ4n) is 1.73. The molecule has 0 aromatic heterocycles. The topological polar surface area (TPSA) is 0 Å². The maximum absolute atomic E-state index is 6.39. The standard InChI is InChI=1S/C14H10Cl4/c15-11-6-7-12(13(16)8-11)14(17,18)9-10-4-2-1-3-5-10/h1-8H,9H2. The molecule has 0 nitrogen and oxygen atoms in total. The summed E-state index contributed by atoms with van der Waals surface area (Å²) in [5.41, 5.74) is 1.72. The molecule has 0 atom stereocenters. The SMILES string of the molecule is Clc1ccc(C(Cl)(Cl)Cc2ccccc2)c(Cl)c1. The van der Waals surface area contributed by atoms with Crippen LogP contribution in [0.4, 0.5) is 0 Å². The molecule has 0 amide bonds. The summed E-state index contributed by atoms with van der Waals surface area (Å²) in [5, 5.41) is 1.04. The summed E-state index contributed by atoms with van der Waals surface area (Å²) in [6, 6.07) is 14.9. The Bertz CT molecular complexity index is 535. The molecule has 2 rings (SSSR count). The fraction of sp³-hybridized carbons (Fsp3) is 0.143. The fourth-order valence-corrected chi connectivity index (χ4v) is 3.04. The smallest absolute Gasteiger partial charge is 0.0959 e. The molecule has 0 bridgehead atoms. The van der Waals surface area contributed by atoms with Gasteiger partial charge in [-0.3, -0.25) is 0 Å². The van der Waals surface area contributed by atoms with Crippen molar-refractivity contribution in [1.29, 1.82) is 0 Å². The molecule has 0 heterocycles. The minimum atomic E-state index is -1.07. The molecule has 18 heavy (non-hydrogen) atoms. The van der Waals surface area contributed by atoms with Crippen molar-refractivity contribution < 1.29 is 0 Å². The largest absolute Gasteiger partial charge is 0.148 e. The minimum Gasteiger partial charge on any atom is -0.0959 e. The highest BCUT2D eigenvalue weighted by atomic mass is 35.5. The van der Waals surface area contributed by atoms with Crippen molar-refractivity contribution in [3.63, 3.8) is 0 Å². The van der Waals surface area contributed by atoms with Gasteiger partial charge in [-0.25, -0.2) is 0 Å². The summed E-state index contributed by atoms with van der Waals surface area (Å²) in [4.78, 5) is 0. The molecule has 94 valence electrons. The number of rotatable bonds is 3. The predicted octanol–water partition coefficient (Wildman–Crippen LogP) is 5.87. The van der Waals surface area contributed by atoms with Gasteiger partial charge in [0.2, 0.25) is 0 Å². The Kier molecular flexibility index (Phi) is 4.45. The van der Waals surface area contributed by atoms with E-state index in [1.165, 1.54) is 0 Å². The lowest BCUT2D eigenvalue weighted by atomic mass is 10.0. The normalized spacial score (nSPS) is 11.6. The van der Waals surface area contributed by atoms with Crippen LogP contribution >= 0.6 is 46.4 Å². The van der Waals surface area contributed by atoms with E-state index < -0.39 is 4.33 Å². The molecule has 0 radical (unpaired) electrons. The molecule has 0 N–H and O–H groups in total. The van der Waals surface area contributed by atoms with E-state index in [1.807, 2.05) is 30.3 Å². The third-order valence-electron chi connectivity index (χ3n) is 2.59. The van der Waals surface area contributed by atoms with Crippen LogP contribution in [0.25, 0.3) is 0 Å². The first kappa shape index (κ1) is 14.0. The summed E-state index contributed by atoms with van der Waals surface area (Å²) in [5.74, 6) is 0. The molecule has 0 unspecified atom stereocenters. The number of halogens is 4. The zero-order chi connectivity index (χ0) is 13.2. The van der Waals surface area contributed by atoms with Gasteiger partial charge >= 0.3 is 0 Å². The second kappa shape index (κ2) is 5.71. The third kappa shape index (κ3) is 3.33. The van der Waals surface area contributed by atoms with Crippen molar-refractivity contribution in [3.8, 4) is 0 Å². The van der Waals surface area contributed by atoms with E-state index in [9.17, 15) is 0 Å². The van der Waals surface area contributed by atoms with E-state index >= 15 is 0 Å². The summed E-state index contributed by atoms with van der Waals surface area (Å²) in [6.45, 7) is 0. The molecule has 0 aliphatic carbocycles. The van der Waals surface area contributed by atoms with Gasteiger partial charge in [-0.15, -0.1) is 0 Å². The van der Waals surface area contributed by atoms with Crippen LogP contribution in [0.2, 0.25) is 10.0 Å². The number of hydrogen-bond donors (Lipinski definition) is 0. The third-order valence-corrected chi connectivity index (χ3v) is 3.82. The van der Waals surface area contributed by atoms with Crippen LogP contribution in [0, 0.1) is 0 Å². The van der Waals surface area contributed by atoms with Gasteiger partial charge in [0.1, 0.15) is 4.33 Å². The van der Waals surface area contributed by atoms with Crippen molar-refractivity contribution in [2.75, 3.05) is 0 Å². The van der Waals surface area contributed by atoms with Crippen molar-refractivity contribution in [2.45, 2.75) is 10.8 Å². The molecule has 0 saturated heterocycles. The highest BCUT2D eigenvalue weighted by Gasteiger charge is 2.29. The number of hydrogen-bond acceptors (Lipinski definition) is 0. The Labute approximate surface area is 126 Å². The Hall–Kier alpha value is -0.400. The van der Waals surface area contributed by atoms with E-state index in [0.29, 0.717) is 22.0 Å². The van der Waals surface area contributed by atoms with Gasteiger partial charge in [0.15, 0.2) is 0 Å². The average Bonchev–Trinajstić information content (AvgIpc) is 2.29. The first-order chi connectivity index (χ1) is 8.49. The van der Waals surface area contributed by atoms with Crippen LogP contribution in [0.15, 0.2) is 48.5 Å². The van der Waals surface area contributed by atoms with Crippen molar-refractivity contribution in [3.05, 3.63) is 69.7 Å². The van der Waals surface area contributed by atoms with Gasteiger partial charge in [-0.1, -0.05) is 82.8 Å². The molecule has 4 heteroatoms. The van der Waals surface area contributed by atoms with Crippen LogP contribution in [0.1, 0.15) is 11.1 Å². The Balaban J connectivity index is 2.30. The maximum atomic E-state index is 6.39. The molecule has 0 aliphatic rings. The molecule has 0 spiro atoms. The second-order valence-corrected chi connectivity index (χ2v) is 6.32. The number of benzene rings is 2. The zero-order valence-electron chi connectivity index (χ0n) is 9.34. The van der Waals surface area contributed by atoms with Crippen LogP contribution in [-0.2, 0) is 10.8 Å². The van der Waals surface area contributed by atoms with E-state index in [-0.39, 0.29) is 0 Å². The summed E-state index contributed by atoms with van der Waals surface area (Å²) >= 11 is 24.8. The first-order valence-corrected chi connectivity index (χ1v) is 6.87. The van der Waals surface area contributed by atoms with Gasteiger partial charge in [0.05, 0.1) is 0 Å². The summed E-state index contributed by atoms with van der Waals surface area (Å²) in [7, 11) is 0. The van der Waals surface area contributed by atoms with E-state index in [2.05, 4.69) is 0 Å². The molecule has 2 aromatic carbocycles. The molecule has 0 fully saturated rings. The Morgan fingerprint density at radius 3 is 2.17 bits per heavy atom. The van der Waals surface area contributed by atoms with Gasteiger partial charge in [0, 0.05) is 22.0 Å². The average molecular weight is 320 g/mol. The lowest BCUT2D eigenvalue weighted by Gasteiger charge is -2.21. The quantitative estimate of drug-likeness (QED) is 0.621. The van der Waals surface area contributed by atoms with Crippen molar-refractivity contribution >= 4 is 46.4 Å². The molecular formula is C14H10Cl4.